The van der Waals surface area contributed by atoms with Gasteiger partial charge in [0.1, 0.15) is 12.2 Å². The zero-order valence-corrected chi connectivity index (χ0v) is 14.5. The van der Waals surface area contributed by atoms with Crippen molar-refractivity contribution in [3.8, 4) is 0 Å². The molecule has 5 nitrogen and oxygen atoms in total. The zero-order chi connectivity index (χ0) is 21.0. The van der Waals surface area contributed by atoms with Gasteiger partial charge in [-0.05, 0) is 39.0 Å². The van der Waals surface area contributed by atoms with E-state index in [1.54, 1.807) is 20.8 Å². The number of nitrogens with one attached hydrogen (secondary N) is 1. The Morgan fingerprint density at radius 2 is 1.41 bits per heavy atom. The fourth-order valence-corrected chi connectivity index (χ4v) is 1.77. The normalized spacial score (nSPS) is 12.5. The molecule has 0 aliphatic rings. The standard InChI is InChI=1S/C16H17F6NO4/c1-14(2,3)27-13(25)23-4-5-26-12(24)9-6-10(15(17,18)19)8-11(7-9)16(20,21)22/h6-8H,4-5H2,1-3H3,(H,23,25). The third-order valence-corrected chi connectivity index (χ3v) is 2.83. The number of alkyl halides is 6. The molecule has 0 heterocycles. The van der Waals surface area contributed by atoms with Gasteiger partial charge >= 0.3 is 24.4 Å². The second kappa shape index (κ2) is 8.05. The van der Waals surface area contributed by atoms with Crippen LogP contribution in [-0.4, -0.2) is 30.8 Å². The van der Waals surface area contributed by atoms with Crippen molar-refractivity contribution < 1.29 is 45.4 Å². The summed E-state index contributed by atoms with van der Waals surface area (Å²) < 4.78 is 86.0. The lowest BCUT2D eigenvalue weighted by atomic mass is 10.0. The number of amides is 1. The van der Waals surface area contributed by atoms with Gasteiger partial charge in [-0.2, -0.15) is 26.3 Å². The molecular formula is C16H17F6NO4. The van der Waals surface area contributed by atoms with Crippen molar-refractivity contribution in [2.24, 2.45) is 0 Å². The minimum Gasteiger partial charge on any atom is -0.460 e. The Morgan fingerprint density at radius 3 is 1.81 bits per heavy atom. The molecule has 0 saturated carbocycles. The van der Waals surface area contributed by atoms with Crippen LogP contribution in [0.25, 0.3) is 0 Å². The minimum absolute atomic E-state index is 0.0964. The van der Waals surface area contributed by atoms with Crippen LogP contribution >= 0.6 is 0 Å². The highest BCUT2D eigenvalue weighted by Gasteiger charge is 2.37. The fourth-order valence-electron chi connectivity index (χ4n) is 1.77. The first-order valence-corrected chi connectivity index (χ1v) is 7.53. The lowest BCUT2D eigenvalue weighted by molar-refractivity contribution is -0.143. The monoisotopic (exact) mass is 401 g/mol. The summed E-state index contributed by atoms with van der Waals surface area (Å²) in [5.41, 5.74) is -4.94. The van der Waals surface area contributed by atoms with Crippen molar-refractivity contribution in [2.45, 2.75) is 38.7 Å². The van der Waals surface area contributed by atoms with E-state index in [-0.39, 0.29) is 24.7 Å². The Bertz CT molecular complexity index is 659. The van der Waals surface area contributed by atoms with Gasteiger partial charge in [0.15, 0.2) is 0 Å². The number of ether oxygens (including phenoxy) is 2. The summed E-state index contributed by atoms with van der Waals surface area (Å²) in [5.74, 6) is -1.39. The Kier molecular flexibility index (Phi) is 6.73. The molecular weight excluding hydrogens is 384 g/mol. The molecule has 0 saturated heterocycles. The van der Waals surface area contributed by atoms with E-state index in [1.165, 1.54) is 0 Å². The highest BCUT2D eigenvalue weighted by atomic mass is 19.4. The van der Waals surface area contributed by atoms with Gasteiger partial charge in [-0.25, -0.2) is 9.59 Å². The first-order chi connectivity index (χ1) is 12.1. The van der Waals surface area contributed by atoms with Crippen LogP contribution in [0.4, 0.5) is 31.1 Å². The third-order valence-electron chi connectivity index (χ3n) is 2.83. The van der Waals surface area contributed by atoms with Gasteiger partial charge in [-0.15, -0.1) is 0 Å². The summed E-state index contributed by atoms with van der Waals surface area (Å²) >= 11 is 0. The molecule has 1 aromatic rings. The van der Waals surface area contributed by atoms with Crippen molar-refractivity contribution in [2.75, 3.05) is 13.2 Å². The summed E-state index contributed by atoms with van der Waals surface area (Å²) in [7, 11) is 0. The molecule has 0 fully saturated rings. The maximum absolute atomic E-state index is 12.7. The van der Waals surface area contributed by atoms with Gasteiger partial charge in [0.2, 0.25) is 0 Å². The largest absolute Gasteiger partial charge is 0.460 e. The van der Waals surface area contributed by atoms with Crippen LogP contribution in [0.15, 0.2) is 18.2 Å². The molecule has 1 amide bonds. The van der Waals surface area contributed by atoms with Gasteiger partial charge in [0, 0.05) is 0 Å². The first kappa shape index (κ1) is 22.6. The minimum atomic E-state index is -5.07. The van der Waals surface area contributed by atoms with Gasteiger partial charge in [0.05, 0.1) is 23.2 Å². The van der Waals surface area contributed by atoms with Gasteiger partial charge in [-0.3, -0.25) is 0 Å². The lowest BCUT2D eigenvalue weighted by Crippen LogP contribution is -2.34. The second-order valence-corrected chi connectivity index (χ2v) is 6.36. The van der Waals surface area contributed by atoms with Crippen LogP contribution in [0, 0.1) is 0 Å². The SMILES string of the molecule is CC(C)(C)OC(=O)NCCOC(=O)c1cc(C(F)(F)F)cc(C(F)(F)F)c1. The van der Waals surface area contributed by atoms with Gasteiger partial charge < -0.3 is 14.8 Å². The molecule has 0 aliphatic heterocycles. The summed E-state index contributed by atoms with van der Waals surface area (Å²) in [6, 6.07) is 0.429. The van der Waals surface area contributed by atoms with Crippen molar-refractivity contribution in [3.05, 3.63) is 34.9 Å². The average molecular weight is 401 g/mol. The van der Waals surface area contributed by atoms with E-state index in [2.05, 4.69) is 10.1 Å². The molecule has 0 bridgehead atoms. The number of carbonyl (C=O) groups is 2. The molecule has 0 aromatic heterocycles. The Hall–Kier alpha value is -2.46. The number of halogens is 6. The number of carbonyl (C=O) groups excluding carboxylic acids is 2. The topological polar surface area (TPSA) is 64.6 Å². The van der Waals surface area contributed by atoms with Gasteiger partial charge in [-0.1, -0.05) is 0 Å². The van der Waals surface area contributed by atoms with E-state index >= 15 is 0 Å². The van der Waals surface area contributed by atoms with Crippen LogP contribution in [0.2, 0.25) is 0 Å². The van der Waals surface area contributed by atoms with E-state index < -0.39 is 53.3 Å². The van der Waals surface area contributed by atoms with Crippen molar-refractivity contribution in [3.63, 3.8) is 0 Å². The first-order valence-electron chi connectivity index (χ1n) is 7.53. The van der Waals surface area contributed by atoms with Gasteiger partial charge in [0.25, 0.3) is 0 Å². The molecule has 152 valence electrons. The molecule has 0 unspecified atom stereocenters. The number of hydrogen-bond acceptors (Lipinski definition) is 4. The Morgan fingerprint density at radius 1 is 0.926 bits per heavy atom. The van der Waals surface area contributed by atoms with E-state index in [9.17, 15) is 35.9 Å². The lowest BCUT2D eigenvalue weighted by Gasteiger charge is -2.19. The van der Waals surface area contributed by atoms with Crippen LogP contribution in [0.5, 0.6) is 0 Å². The Balaban J connectivity index is 2.78. The summed E-state index contributed by atoms with van der Waals surface area (Å²) in [5, 5.41) is 2.22. The number of benzene rings is 1. The predicted octanol–water partition coefficient (Wildman–Crippen LogP) is 4.41. The molecule has 0 aliphatic carbocycles. The van der Waals surface area contributed by atoms with E-state index in [0.29, 0.717) is 0 Å². The van der Waals surface area contributed by atoms with E-state index in [4.69, 9.17) is 4.74 Å². The number of alkyl carbamates (subject to hydrolysis) is 1. The molecule has 0 radical (unpaired) electrons. The quantitative estimate of drug-likeness (QED) is 0.461. The number of rotatable bonds is 4. The van der Waals surface area contributed by atoms with Crippen molar-refractivity contribution in [1.29, 1.82) is 0 Å². The van der Waals surface area contributed by atoms with Crippen LogP contribution in [0.1, 0.15) is 42.3 Å². The molecule has 0 atom stereocenters. The number of hydrogen-bond donors (Lipinski definition) is 1. The average Bonchev–Trinajstić information content (AvgIpc) is 2.47. The third kappa shape index (κ3) is 7.75. The fraction of sp³-hybridized carbons (Fsp3) is 0.500. The molecule has 0 spiro atoms. The summed E-state index contributed by atoms with van der Waals surface area (Å²) in [6.45, 7) is 4.11. The van der Waals surface area contributed by atoms with Crippen LogP contribution < -0.4 is 5.32 Å². The molecule has 1 aromatic carbocycles. The maximum Gasteiger partial charge on any atom is 0.416 e. The summed E-state index contributed by atoms with van der Waals surface area (Å²) in [4.78, 5) is 23.1. The summed E-state index contributed by atoms with van der Waals surface area (Å²) in [6.07, 6.45) is -11.0. The van der Waals surface area contributed by atoms with Crippen molar-refractivity contribution >= 4 is 12.1 Å². The van der Waals surface area contributed by atoms with Crippen molar-refractivity contribution in [1.82, 2.24) is 5.32 Å². The molecule has 1 rings (SSSR count). The second-order valence-electron chi connectivity index (χ2n) is 6.36. The highest BCUT2D eigenvalue weighted by molar-refractivity contribution is 5.90. The number of esters is 1. The maximum atomic E-state index is 12.7. The van der Waals surface area contributed by atoms with Crippen LogP contribution in [-0.2, 0) is 21.8 Å². The zero-order valence-electron chi connectivity index (χ0n) is 14.5. The van der Waals surface area contributed by atoms with Crippen LogP contribution in [0.3, 0.4) is 0 Å². The predicted molar refractivity (Wildman–Crippen MR) is 81.0 cm³/mol. The van der Waals surface area contributed by atoms with E-state index in [1.807, 2.05) is 0 Å². The highest BCUT2D eigenvalue weighted by Crippen LogP contribution is 2.36. The molecule has 1 N–H and O–H groups in total. The van der Waals surface area contributed by atoms with E-state index in [0.717, 1.165) is 0 Å². The smallest absolute Gasteiger partial charge is 0.416 e. The Labute approximate surface area is 150 Å². The molecule has 11 heteroatoms. The molecule has 27 heavy (non-hydrogen) atoms.